The van der Waals surface area contributed by atoms with Crippen LogP contribution in [0.3, 0.4) is 0 Å². The molecule has 0 spiro atoms. The average Bonchev–Trinajstić information content (AvgIpc) is 2.91. The van der Waals surface area contributed by atoms with E-state index in [1.54, 1.807) is 24.3 Å². The predicted molar refractivity (Wildman–Crippen MR) is 78.9 cm³/mol. The second-order valence-corrected chi connectivity index (χ2v) is 7.11. The van der Waals surface area contributed by atoms with E-state index in [0.29, 0.717) is 19.7 Å². The van der Waals surface area contributed by atoms with Crippen LogP contribution in [-0.2, 0) is 10.0 Å². The number of thiocarbonyl (C=S) groups is 1. The predicted octanol–water partition coefficient (Wildman–Crippen LogP) is 2.24. The number of amides is 2. The highest BCUT2D eigenvalue weighted by Crippen LogP contribution is 2.35. The zero-order valence-corrected chi connectivity index (χ0v) is 13.0. The molecule has 1 aromatic heterocycles. The lowest BCUT2D eigenvalue weighted by Crippen LogP contribution is -2.34. The first-order chi connectivity index (χ1) is 9.41. The summed E-state index contributed by atoms with van der Waals surface area (Å²) in [5.41, 5.74) is 0.417. The zero-order chi connectivity index (χ0) is 14.5. The number of hydrogen-bond donors (Lipinski definition) is 1. The molecule has 1 N–H and O–H groups in total. The number of carbonyl (C=O) groups is 1. The smallest absolute Gasteiger partial charge is 0.336 e. The first-order valence-electron chi connectivity index (χ1n) is 5.45. The average molecular weight is 375 g/mol. The Labute approximate surface area is 127 Å². The number of sulfonamides is 1. The van der Waals surface area contributed by atoms with Crippen LogP contribution in [0, 0.1) is 0 Å². The minimum atomic E-state index is -4.09. The van der Waals surface area contributed by atoms with Crippen molar-refractivity contribution in [2.75, 3.05) is 6.54 Å². The molecule has 1 aliphatic rings. The van der Waals surface area contributed by atoms with Crippen molar-refractivity contribution in [1.82, 2.24) is 9.62 Å². The van der Waals surface area contributed by atoms with E-state index in [1.807, 2.05) is 0 Å². The quantitative estimate of drug-likeness (QED) is 0.815. The van der Waals surface area contributed by atoms with Gasteiger partial charge >= 0.3 is 16.1 Å². The van der Waals surface area contributed by atoms with Gasteiger partial charge in [-0.15, -0.1) is 0 Å². The Hall–Kier alpha value is -1.45. The summed E-state index contributed by atoms with van der Waals surface area (Å²) in [5.74, 6) is 0. The highest BCUT2D eigenvalue weighted by Gasteiger charge is 2.39. The van der Waals surface area contributed by atoms with Crippen molar-refractivity contribution < 1.29 is 17.6 Å². The molecule has 104 valence electrons. The summed E-state index contributed by atoms with van der Waals surface area (Å²) < 4.78 is 31.2. The summed E-state index contributed by atoms with van der Waals surface area (Å²) in [6, 6.07) is 6.08. The summed E-state index contributed by atoms with van der Waals surface area (Å²) >= 11 is 8.01. The lowest BCUT2D eigenvalue weighted by Gasteiger charge is -2.12. The molecule has 1 aromatic carbocycles. The van der Waals surface area contributed by atoms with Gasteiger partial charge in [0.15, 0.2) is 0 Å². The number of furan rings is 1. The number of urea groups is 1. The van der Waals surface area contributed by atoms with Crippen molar-refractivity contribution in [3.8, 4) is 0 Å². The van der Waals surface area contributed by atoms with Gasteiger partial charge in [0.25, 0.3) is 5.09 Å². The number of rotatable bonds is 2. The van der Waals surface area contributed by atoms with Crippen molar-refractivity contribution in [2.24, 2.45) is 0 Å². The molecule has 1 fully saturated rings. The van der Waals surface area contributed by atoms with Gasteiger partial charge in [0.2, 0.25) is 0 Å². The summed E-state index contributed by atoms with van der Waals surface area (Å²) in [6.45, 7) is -0.181. The third-order valence-electron chi connectivity index (χ3n) is 2.79. The molecule has 0 radical (unpaired) electrons. The fourth-order valence-corrected chi connectivity index (χ4v) is 4.49. The molecular weight excluding hydrogens is 368 g/mol. The molecule has 2 heterocycles. The van der Waals surface area contributed by atoms with E-state index < -0.39 is 16.1 Å². The Kier molecular flexibility index (Phi) is 3.07. The normalized spacial score (nSPS) is 15.9. The van der Waals surface area contributed by atoms with Crippen LogP contribution in [0.2, 0.25) is 0 Å². The maximum atomic E-state index is 12.5. The second kappa shape index (κ2) is 4.54. The molecular formula is C11H7BrN2O4S2. The standard InChI is InChI=1S/C11H7BrN2O4S2/c12-9-6-3-1-2-4-7(6)18-10(9)20(16,17)14-5-8(19)13-11(14)15/h1-4H,5H2,(H,13,15,19). The van der Waals surface area contributed by atoms with Gasteiger partial charge in [-0.3, -0.25) is 5.32 Å². The van der Waals surface area contributed by atoms with Crippen LogP contribution in [0.1, 0.15) is 0 Å². The number of para-hydroxylation sites is 1. The molecule has 3 rings (SSSR count). The van der Waals surface area contributed by atoms with Gasteiger partial charge in [0.05, 0.1) is 11.0 Å². The van der Waals surface area contributed by atoms with Gasteiger partial charge < -0.3 is 4.42 Å². The summed E-state index contributed by atoms with van der Waals surface area (Å²) in [6.07, 6.45) is 0. The van der Waals surface area contributed by atoms with E-state index in [2.05, 4.69) is 21.2 Å². The number of carbonyl (C=O) groups excluding carboxylic acids is 1. The molecule has 0 saturated carbocycles. The molecule has 1 saturated heterocycles. The van der Waals surface area contributed by atoms with Gasteiger partial charge in [-0.1, -0.05) is 24.4 Å². The third-order valence-corrected chi connectivity index (χ3v) is 5.70. The van der Waals surface area contributed by atoms with Crippen LogP contribution in [0.5, 0.6) is 0 Å². The summed E-state index contributed by atoms with van der Waals surface area (Å²) in [5, 5.41) is 2.59. The van der Waals surface area contributed by atoms with Crippen molar-refractivity contribution in [3.63, 3.8) is 0 Å². The summed E-state index contributed by atoms with van der Waals surface area (Å²) in [4.78, 5) is 11.8. The Bertz CT molecular complexity index is 843. The molecule has 20 heavy (non-hydrogen) atoms. The van der Waals surface area contributed by atoms with E-state index in [0.717, 1.165) is 0 Å². The lowest BCUT2D eigenvalue weighted by atomic mass is 10.3. The van der Waals surface area contributed by atoms with Gasteiger partial charge in [0, 0.05) is 5.39 Å². The number of fused-ring (bicyclic) bond motifs is 1. The van der Waals surface area contributed by atoms with Gasteiger partial charge in [-0.05, 0) is 28.1 Å². The molecule has 9 heteroatoms. The molecule has 6 nitrogen and oxygen atoms in total. The topological polar surface area (TPSA) is 79.6 Å². The summed E-state index contributed by atoms with van der Waals surface area (Å²) in [7, 11) is -4.09. The first kappa shape index (κ1) is 13.5. The van der Waals surface area contributed by atoms with Crippen LogP contribution in [-0.4, -0.2) is 30.3 Å². The zero-order valence-electron chi connectivity index (χ0n) is 9.79. The van der Waals surface area contributed by atoms with E-state index in [1.165, 1.54) is 0 Å². The van der Waals surface area contributed by atoms with Crippen molar-refractivity contribution in [3.05, 3.63) is 28.7 Å². The molecule has 2 aromatic rings. The second-order valence-electron chi connectivity index (χ2n) is 4.06. The van der Waals surface area contributed by atoms with Crippen LogP contribution >= 0.6 is 28.1 Å². The fourth-order valence-electron chi connectivity index (χ4n) is 1.88. The number of nitrogens with zero attached hydrogens (tertiary/aromatic N) is 1. The Morgan fingerprint density at radius 1 is 1.35 bits per heavy atom. The van der Waals surface area contributed by atoms with E-state index in [4.69, 9.17) is 16.6 Å². The van der Waals surface area contributed by atoms with Crippen molar-refractivity contribution in [1.29, 1.82) is 0 Å². The Morgan fingerprint density at radius 2 is 2.05 bits per heavy atom. The lowest BCUT2D eigenvalue weighted by molar-refractivity contribution is 0.235. The molecule has 0 aliphatic carbocycles. The first-order valence-corrected chi connectivity index (χ1v) is 8.09. The maximum absolute atomic E-state index is 12.5. The largest absolute Gasteiger partial charge is 0.442 e. The fraction of sp³-hybridized carbons (Fsp3) is 0.0909. The minimum Gasteiger partial charge on any atom is -0.442 e. The highest BCUT2D eigenvalue weighted by molar-refractivity contribution is 9.10. The monoisotopic (exact) mass is 374 g/mol. The Balaban J connectivity index is 2.17. The van der Waals surface area contributed by atoms with Crippen LogP contribution in [0.25, 0.3) is 11.0 Å². The van der Waals surface area contributed by atoms with E-state index in [9.17, 15) is 13.2 Å². The van der Waals surface area contributed by atoms with E-state index >= 15 is 0 Å². The highest BCUT2D eigenvalue weighted by atomic mass is 79.9. The van der Waals surface area contributed by atoms with Crippen LogP contribution < -0.4 is 5.32 Å². The third kappa shape index (κ3) is 1.93. The van der Waals surface area contributed by atoms with Gasteiger partial charge in [-0.25, -0.2) is 9.10 Å². The number of hydrogen-bond acceptors (Lipinski definition) is 5. The molecule has 2 amide bonds. The Morgan fingerprint density at radius 3 is 2.65 bits per heavy atom. The van der Waals surface area contributed by atoms with Crippen molar-refractivity contribution in [2.45, 2.75) is 5.09 Å². The SMILES string of the molecule is O=C1NC(=S)CN1S(=O)(=O)c1oc2ccccc2c1Br. The van der Waals surface area contributed by atoms with Crippen LogP contribution in [0.4, 0.5) is 4.79 Å². The van der Waals surface area contributed by atoms with Gasteiger partial charge in [-0.2, -0.15) is 8.42 Å². The van der Waals surface area contributed by atoms with Crippen molar-refractivity contribution >= 4 is 60.2 Å². The number of halogens is 1. The molecule has 0 unspecified atom stereocenters. The number of nitrogens with one attached hydrogen (secondary N) is 1. The molecule has 0 atom stereocenters. The van der Waals surface area contributed by atoms with Gasteiger partial charge in [0.1, 0.15) is 10.6 Å². The minimum absolute atomic E-state index is 0.158. The molecule has 1 aliphatic heterocycles. The van der Waals surface area contributed by atoms with E-state index in [-0.39, 0.29) is 16.6 Å². The molecule has 0 bridgehead atoms. The number of benzene rings is 1. The maximum Gasteiger partial charge on any atom is 0.336 e. The van der Waals surface area contributed by atoms with Crippen LogP contribution in [0.15, 0.2) is 38.2 Å².